The Hall–Kier alpha value is -1.68. The Morgan fingerprint density at radius 3 is 2.39 bits per heavy atom. The van der Waals surface area contributed by atoms with Gasteiger partial charge in [0.05, 0.1) is 5.69 Å². The predicted molar refractivity (Wildman–Crippen MR) is 65.1 cm³/mol. The molecule has 0 amide bonds. The van der Waals surface area contributed by atoms with E-state index in [1.165, 1.54) is 18.2 Å². The molecule has 0 saturated heterocycles. The van der Waals surface area contributed by atoms with Crippen molar-refractivity contribution < 1.29 is 13.2 Å². The van der Waals surface area contributed by atoms with Gasteiger partial charge in [0.25, 0.3) is 0 Å². The summed E-state index contributed by atoms with van der Waals surface area (Å²) in [5.41, 5.74) is 0.467. The number of nitrogens with one attached hydrogen (secondary N) is 1. The Bertz CT molecular complexity index is 521. The van der Waals surface area contributed by atoms with Crippen LogP contribution in [0.1, 0.15) is 5.56 Å². The lowest BCUT2D eigenvalue weighted by Gasteiger charge is -2.08. The Morgan fingerprint density at radius 2 is 1.72 bits per heavy atom. The van der Waals surface area contributed by atoms with Gasteiger partial charge in [0.15, 0.2) is 0 Å². The molecular weight excluding hydrogens is 263 g/mol. The van der Waals surface area contributed by atoms with Crippen LogP contribution in [0.15, 0.2) is 36.4 Å². The minimum absolute atomic E-state index is 0.0888. The summed E-state index contributed by atoms with van der Waals surface area (Å²) in [7, 11) is 0. The van der Waals surface area contributed by atoms with Gasteiger partial charge in [0, 0.05) is 23.2 Å². The van der Waals surface area contributed by atoms with Crippen molar-refractivity contribution >= 4 is 17.3 Å². The molecular formula is C13H9ClF3N. The highest BCUT2D eigenvalue weighted by Crippen LogP contribution is 2.18. The number of hydrogen-bond donors (Lipinski definition) is 1. The first-order chi connectivity index (χ1) is 8.56. The van der Waals surface area contributed by atoms with Crippen LogP contribution in [-0.2, 0) is 6.54 Å². The van der Waals surface area contributed by atoms with Gasteiger partial charge in [-0.05, 0) is 24.3 Å². The van der Waals surface area contributed by atoms with Crippen LogP contribution >= 0.6 is 11.6 Å². The first kappa shape index (κ1) is 12.8. The molecule has 2 rings (SSSR count). The molecule has 0 aromatic heterocycles. The number of rotatable bonds is 3. The van der Waals surface area contributed by atoms with E-state index in [2.05, 4.69) is 5.32 Å². The zero-order valence-electron chi connectivity index (χ0n) is 9.18. The maximum atomic E-state index is 13.4. The summed E-state index contributed by atoms with van der Waals surface area (Å²) >= 11 is 5.61. The van der Waals surface area contributed by atoms with Gasteiger partial charge in [-0.25, -0.2) is 13.2 Å². The van der Waals surface area contributed by atoms with Crippen LogP contribution in [0.25, 0.3) is 0 Å². The summed E-state index contributed by atoms with van der Waals surface area (Å²) in [6.45, 7) is 0.0888. The normalized spacial score (nSPS) is 10.4. The minimum Gasteiger partial charge on any atom is -0.378 e. The van der Waals surface area contributed by atoms with Crippen molar-refractivity contribution in [3.05, 3.63) is 64.4 Å². The van der Waals surface area contributed by atoms with Gasteiger partial charge in [-0.15, -0.1) is 0 Å². The van der Waals surface area contributed by atoms with Gasteiger partial charge >= 0.3 is 0 Å². The highest BCUT2D eigenvalue weighted by Gasteiger charge is 2.06. The van der Waals surface area contributed by atoms with Crippen LogP contribution in [0.2, 0.25) is 5.02 Å². The van der Waals surface area contributed by atoms with Gasteiger partial charge in [-0.3, -0.25) is 0 Å². The van der Waals surface area contributed by atoms with Crippen LogP contribution in [0.3, 0.4) is 0 Å². The van der Waals surface area contributed by atoms with Gasteiger partial charge in [-0.1, -0.05) is 17.7 Å². The number of hydrogen-bond acceptors (Lipinski definition) is 1. The molecule has 0 unspecified atom stereocenters. The molecule has 0 aliphatic rings. The largest absolute Gasteiger partial charge is 0.378 e. The molecule has 5 heteroatoms. The van der Waals surface area contributed by atoms with Gasteiger partial charge < -0.3 is 5.32 Å². The Balaban J connectivity index is 2.11. The fraction of sp³-hybridized carbons (Fsp3) is 0.0769. The van der Waals surface area contributed by atoms with E-state index in [9.17, 15) is 13.2 Å². The number of anilines is 1. The highest BCUT2D eigenvalue weighted by atomic mass is 35.5. The van der Waals surface area contributed by atoms with E-state index in [1.54, 1.807) is 6.07 Å². The molecule has 0 aliphatic heterocycles. The van der Waals surface area contributed by atoms with Gasteiger partial charge in [-0.2, -0.15) is 0 Å². The average Bonchev–Trinajstić information content (AvgIpc) is 2.30. The summed E-state index contributed by atoms with van der Waals surface area (Å²) in [6, 6.07) is 7.39. The van der Waals surface area contributed by atoms with E-state index in [4.69, 9.17) is 11.6 Å². The molecule has 0 spiro atoms. The summed E-state index contributed by atoms with van der Waals surface area (Å²) < 4.78 is 39.4. The van der Waals surface area contributed by atoms with Crippen molar-refractivity contribution in [3.8, 4) is 0 Å². The highest BCUT2D eigenvalue weighted by molar-refractivity contribution is 6.30. The number of halogens is 4. The van der Waals surface area contributed by atoms with Crippen molar-refractivity contribution in [2.75, 3.05) is 5.32 Å². The van der Waals surface area contributed by atoms with E-state index in [-0.39, 0.29) is 12.2 Å². The predicted octanol–water partition coefficient (Wildman–Crippen LogP) is 4.37. The maximum Gasteiger partial charge on any atom is 0.149 e. The van der Waals surface area contributed by atoms with Crippen molar-refractivity contribution in [3.63, 3.8) is 0 Å². The topological polar surface area (TPSA) is 12.0 Å². The molecule has 18 heavy (non-hydrogen) atoms. The fourth-order valence-electron chi connectivity index (χ4n) is 1.49. The van der Waals surface area contributed by atoms with E-state index in [1.807, 2.05) is 0 Å². The molecule has 0 aliphatic carbocycles. The Labute approximate surface area is 107 Å². The molecule has 1 N–H and O–H groups in total. The first-order valence-corrected chi connectivity index (χ1v) is 5.57. The molecule has 0 radical (unpaired) electrons. The Morgan fingerprint density at radius 1 is 0.944 bits per heavy atom. The third-order valence-electron chi connectivity index (χ3n) is 2.42. The van der Waals surface area contributed by atoms with E-state index >= 15 is 0 Å². The summed E-state index contributed by atoms with van der Waals surface area (Å²) in [5.74, 6) is -1.85. The zero-order valence-corrected chi connectivity index (χ0v) is 9.94. The molecule has 1 nitrogen and oxygen atoms in total. The van der Waals surface area contributed by atoms with Crippen molar-refractivity contribution in [1.82, 2.24) is 0 Å². The first-order valence-electron chi connectivity index (χ1n) is 5.19. The van der Waals surface area contributed by atoms with Crippen LogP contribution in [0.5, 0.6) is 0 Å². The average molecular weight is 272 g/mol. The fourth-order valence-corrected chi connectivity index (χ4v) is 1.65. The molecule has 94 valence electrons. The van der Waals surface area contributed by atoms with Crippen molar-refractivity contribution in [2.24, 2.45) is 0 Å². The van der Waals surface area contributed by atoms with Crippen molar-refractivity contribution in [1.29, 1.82) is 0 Å². The molecule has 2 aromatic rings. The van der Waals surface area contributed by atoms with Crippen LogP contribution in [0, 0.1) is 17.5 Å². The van der Waals surface area contributed by atoms with Crippen LogP contribution in [0.4, 0.5) is 18.9 Å². The van der Waals surface area contributed by atoms with Crippen molar-refractivity contribution in [2.45, 2.75) is 6.54 Å². The van der Waals surface area contributed by atoms with E-state index in [0.29, 0.717) is 10.6 Å². The molecule has 2 aromatic carbocycles. The minimum atomic E-state index is -0.718. The molecule has 0 saturated carbocycles. The van der Waals surface area contributed by atoms with Crippen LogP contribution < -0.4 is 5.32 Å². The summed E-state index contributed by atoms with van der Waals surface area (Å²) in [5, 5.41) is 2.99. The monoisotopic (exact) mass is 271 g/mol. The van der Waals surface area contributed by atoms with Gasteiger partial charge in [0.1, 0.15) is 17.5 Å². The quantitative estimate of drug-likeness (QED) is 0.874. The molecule has 0 bridgehead atoms. The lowest BCUT2D eigenvalue weighted by molar-refractivity contribution is 0.584. The second-order valence-corrected chi connectivity index (χ2v) is 4.15. The molecule has 0 atom stereocenters. The van der Waals surface area contributed by atoms with Crippen LogP contribution in [-0.4, -0.2) is 0 Å². The zero-order chi connectivity index (χ0) is 13.1. The van der Waals surface area contributed by atoms with Gasteiger partial charge in [0.2, 0.25) is 0 Å². The lowest BCUT2D eigenvalue weighted by atomic mass is 10.2. The third kappa shape index (κ3) is 2.96. The SMILES string of the molecule is Fc1ccc(NCc2ccc(Cl)cc2F)c(F)c1. The summed E-state index contributed by atoms with van der Waals surface area (Å²) in [4.78, 5) is 0. The second kappa shape index (κ2) is 5.31. The Kier molecular flexibility index (Phi) is 3.77. The maximum absolute atomic E-state index is 13.4. The lowest BCUT2D eigenvalue weighted by Crippen LogP contribution is -2.03. The third-order valence-corrected chi connectivity index (χ3v) is 2.65. The molecule has 0 heterocycles. The number of benzene rings is 2. The summed E-state index contributed by atoms with van der Waals surface area (Å²) in [6.07, 6.45) is 0. The smallest absolute Gasteiger partial charge is 0.149 e. The standard InChI is InChI=1S/C13H9ClF3N/c14-9-2-1-8(11(16)5-9)7-18-13-4-3-10(15)6-12(13)17/h1-6,18H,7H2. The molecule has 0 fully saturated rings. The second-order valence-electron chi connectivity index (χ2n) is 3.71. The van der Waals surface area contributed by atoms with E-state index < -0.39 is 17.5 Å². The van der Waals surface area contributed by atoms with E-state index in [0.717, 1.165) is 12.1 Å².